The lowest BCUT2D eigenvalue weighted by Crippen LogP contribution is -2.22. The number of nitrogens with zero attached hydrogens (tertiary/aromatic N) is 1. The molecule has 4 nitrogen and oxygen atoms in total. The van der Waals surface area contributed by atoms with E-state index < -0.39 is 17.8 Å². The summed E-state index contributed by atoms with van der Waals surface area (Å²) >= 11 is 0. The average molecular weight is 365 g/mol. The minimum Gasteiger partial charge on any atom is -0.372 e. The van der Waals surface area contributed by atoms with E-state index >= 15 is 0 Å². The third-order valence-corrected chi connectivity index (χ3v) is 4.06. The van der Waals surface area contributed by atoms with Crippen molar-refractivity contribution in [3.63, 3.8) is 0 Å². The molecule has 0 aliphatic heterocycles. The highest BCUT2D eigenvalue weighted by Crippen LogP contribution is 2.30. The van der Waals surface area contributed by atoms with Gasteiger partial charge in [-0.25, -0.2) is 4.79 Å². The standard InChI is InChI=1S/C19H22F3N3O/c1-4-25(5-2)16-10-11-17(13(3)12-16)24-18(26)23-15-8-6-14(7-9-15)19(20,21)22/h6-12H,4-5H2,1-3H3,(H2,23,24,26). The van der Waals surface area contributed by atoms with Gasteiger partial charge in [0.25, 0.3) is 0 Å². The maximum Gasteiger partial charge on any atom is 0.416 e. The number of benzene rings is 2. The summed E-state index contributed by atoms with van der Waals surface area (Å²) in [7, 11) is 0. The summed E-state index contributed by atoms with van der Waals surface area (Å²) in [5.74, 6) is 0. The van der Waals surface area contributed by atoms with Gasteiger partial charge < -0.3 is 15.5 Å². The molecule has 0 saturated carbocycles. The summed E-state index contributed by atoms with van der Waals surface area (Å²) in [6, 6.07) is 9.52. The fraction of sp³-hybridized carbons (Fsp3) is 0.316. The Morgan fingerprint density at radius 2 is 1.62 bits per heavy atom. The number of hydrogen-bond donors (Lipinski definition) is 2. The van der Waals surface area contributed by atoms with E-state index in [0.29, 0.717) is 5.69 Å². The van der Waals surface area contributed by atoms with Crippen molar-refractivity contribution in [1.29, 1.82) is 0 Å². The highest BCUT2D eigenvalue weighted by molar-refractivity contribution is 6.00. The summed E-state index contributed by atoms with van der Waals surface area (Å²) in [6.07, 6.45) is -4.40. The lowest BCUT2D eigenvalue weighted by atomic mass is 10.1. The molecule has 7 heteroatoms. The van der Waals surface area contributed by atoms with Gasteiger partial charge >= 0.3 is 12.2 Å². The number of aryl methyl sites for hydroxylation is 1. The highest BCUT2D eigenvalue weighted by Gasteiger charge is 2.29. The fourth-order valence-electron chi connectivity index (χ4n) is 2.60. The fourth-order valence-corrected chi connectivity index (χ4v) is 2.60. The van der Waals surface area contributed by atoms with Crippen LogP contribution in [0.15, 0.2) is 42.5 Å². The van der Waals surface area contributed by atoms with Crippen molar-refractivity contribution < 1.29 is 18.0 Å². The molecule has 2 aromatic rings. The van der Waals surface area contributed by atoms with Crippen LogP contribution < -0.4 is 15.5 Å². The molecule has 0 radical (unpaired) electrons. The Balaban J connectivity index is 2.03. The molecule has 2 rings (SSSR count). The smallest absolute Gasteiger partial charge is 0.372 e. The van der Waals surface area contributed by atoms with Crippen molar-refractivity contribution in [2.45, 2.75) is 26.9 Å². The third-order valence-electron chi connectivity index (χ3n) is 4.06. The molecular weight excluding hydrogens is 343 g/mol. The maximum absolute atomic E-state index is 12.6. The first-order valence-electron chi connectivity index (χ1n) is 8.35. The van der Waals surface area contributed by atoms with Crippen molar-refractivity contribution in [2.24, 2.45) is 0 Å². The molecule has 0 unspecified atom stereocenters. The normalized spacial score (nSPS) is 11.2. The van der Waals surface area contributed by atoms with Gasteiger partial charge in [-0.3, -0.25) is 0 Å². The number of carbonyl (C=O) groups excluding carboxylic acids is 1. The number of halogens is 3. The van der Waals surface area contributed by atoms with Gasteiger partial charge in [0.2, 0.25) is 0 Å². The van der Waals surface area contributed by atoms with Crippen LogP contribution in [-0.2, 0) is 6.18 Å². The second-order valence-electron chi connectivity index (χ2n) is 5.83. The summed E-state index contributed by atoms with van der Waals surface area (Å²) < 4.78 is 37.7. The van der Waals surface area contributed by atoms with Crippen LogP contribution in [0.5, 0.6) is 0 Å². The Kier molecular flexibility index (Phi) is 6.13. The minimum absolute atomic E-state index is 0.285. The second-order valence-corrected chi connectivity index (χ2v) is 5.83. The van der Waals surface area contributed by atoms with Crippen LogP contribution in [-0.4, -0.2) is 19.1 Å². The van der Waals surface area contributed by atoms with Gasteiger partial charge in [-0.05, 0) is 68.8 Å². The number of carbonyl (C=O) groups is 1. The highest BCUT2D eigenvalue weighted by atomic mass is 19.4. The van der Waals surface area contributed by atoms with Crippen LogP contribution >= 0.6 is 0 Å². The van der Waals surface area contributed by atoms with Crippen LogP contribution in [0.3, 0.4) is 0 Å². The molecule has 2 N–H and O–H groups in total. The largest absolute Gasteiger partial charge is 0.416 e. The second kappa shape index (κ2) is 8.12. The van der Waals surface area contributed by atoms with E-state index in [1.54, 1.807) is 0 Å². The number of rotatable bonds is 5. The van der Waals surface area contributed by atoms with Crippen molar-refractivity contribution in [3.05, 3.63) is 53.6 Å². The summed E-state index contributed by atoms with van der Waals surface area (Å²) in [5.41, 5.74) is 2.14. The van der Waals surface area contributed by atoms with Crippen LogP contribution in [0.2, 0.25) is 0 Å². The first-order valence-corrected chi connectivity index (χ1v) is 8.35. The molecule has 2 amide bonds. The van der Waals surface area contributed by atoms with Gasteiger partial charge in [-0.15, -0.1) is 0 Å². The molecule has 0 heterocycles. The minimum atomic E-state index is -4.40. The molecule has 0 fully saturated rings. The number of alkyl halides is 3. The van der Waals surface area contributed by atoms with Gasteiger partial charge in [0.1, 0.15) is 0 Å². The van der Waals surface area contributed by atoms with Crippen LogP contribution in [0.4, 0.5) is 35.0 Å². The molecule has 0 aromatic heterocycles. The molecule has 0 bridgehead atoms. The molecule has 0 aliphatic carbocycles. The van der Waals surface area contributed by atoms with E-state index in [1.807, 2.05) is 25.1 Å². The SMILES string of the molecule is CCN(CC)c1ccc(NC(=O)Nc2ccc(C(F)(F)F)cc2)c(C)c1. The summed E-state index contributed by atoms with van der Waals surface area (Å²) in [5, 5.41) is 5.24. The van der Waals surface area contributed by atoms with Crippen molar-refractivity contribution in [3.8, 4) is 0 Å². The number of hydrogen-bond acceptors (Lipinski definition) is 2. The predicted octanol–water partition coefficient (Wildman–Crippen LogP) is 5.50. The van der Waals surface area contributed by atoms with E-state index in [1.165, 1.54) is 12.1 Å². The first kappa shape index (κ1) is 19.6. The van der Waals surface area contributed by atoms with E-state index in [2.05, 4.69) is 29.4 Å². The van der Waals surface area contributed by atoms with Gasteiger partial charge in [-0.1, -0.05) is 0 Å². The lowest BCUT2D eigenvalue weighted by molar-refractivity contribution is -0.137. The molecule has 0 atom stereocenters. The van der Waals surface area contributed by atoms with E-state index in [9.17, 15) is 18.0 Å². The quantitative estimate of drug-likeness (QED) is 0.734. The first-order chi connectivity index (χ1) is 12.2. The lowest BCUT2D eigenvalue weighted by Gasteiger charge is -2.22. The van der Waals surface area contributed by atoms with E-state index in [4.69, 9.17) is 0 Å². The predicted molar refractivity (Wildman–Crippen MR) is 98.8 cm³/mol. The Morgan fingerprint density at radius 1 is 1.00 bits per heavy atom. The molecular formula is C19H22F3N3O. The Labute approximate surface area is 151 Å². The third kappa shape index (κ3) is 4.91. The van der Waals surface area contributed by atoms with Gasteiger partial charge in [0, 0.05) is 30.2 Å². The Morgan fingerprint density at radius 3 is 2.12 bits per heavy atom. The Bertz CT molecular complexity index is 754. The number of urea groups is 1. The zero-order valence-electron chi connectivity index (χ0n) is 14.9. The molecule has 140 valence electrons. The van der Waals surface area contributed by atoms with Crippen molar-refractivity contribution in [1.82, 2.24) is 0 Å². The average Bonchev–Trinajstić information content (AvgIpc) is 2.58. The van der Waals surface area contributed by atoms with Crippen LogP contribution in [0, 0.1) is 6.92 Å². The molecule has 0 saturated heterocycles. The van der Waals surface area contributed by atoms with Gasteiger partial charge in [0.05, 0.1) is 5.56 Å². The molecule has 26 heavy (non-hydrogen) atoms. The van der Waals surface area contributed by atoms with Gasteiger partial charge in [-0.2, -0.15) is 13.2 Å². The topological polar surface area (TPSA) is 44.4 Å². The number of amides is 2. The summed E-state index contributed by atoms with van der Waals surface area (Å²) in [6.45, 7) is 7.81. The van der Waals surface area contributed by atoms with E-state index in [-0.39, 0.29) is 5.69 Å². The summed E-state index contributed by atoms with van der Waals surface area (Å²) in [4.78, 5) is 14.3. The van der Waals surface area contributed by atoms with Crippen molar-refractivity contribution in [2.75, 3.05) is 28.6 Å². The monoisotopic (exact) mass is 365 g/mol. The molecule has 2 aromatic carbocycles. The molecule has 0 spiro atoms. The zero-order chi connectivity index (χ0) is 19.3. The van der Waals surface area contributed by atoms with Crippen LogP contribution in [0.25, 0.3) is 0 Å². The molecule has 0 aliphatic rings. The van der Waals surface area contributed by atoms with Gasteiger partial charge in [0.15, 0.2) is 0 Å². The number of nitrogens with one attached hydrogen (secondary N) is 2. The Hall–Kier alpha value is -2.70. The number of anilines is 3. The van der Waals surface area contributed by atoms with Crippen molar-refractivity contribution >= 4 is 23.1 Å². The zero-order valence-corrected chi connectivity index (χ0v) is 14.9. The van der Waals surface area contributed by atoms with Crippen LogP contribution in [0.1, 0.15) is 25.0 Å². The van der Waals surface area contributed by atoms with E-state index in [0.717, 1.165) is 36.5 Å². The maximum atomic E-state index is 12.6.